The van der Waals surface area contributed by atoms with Gasteiger partial charge in [-0.05, 0) is 40.2 Å². The Morgan fingerprint density at radius 1 is 1.20 bits per heavy atom. The lowest BCUT2D eigenvalue weighted by Crippen LogP contribution is -2.00. The van der Waals surface area contributed by atoms with Crippen LogP contribution < -0.4 is 0 Å². The maximum atomic E-state index is 12.6. The van der Waals surface area contributed by atoms with Crippen LogP contribution in [0.3, 0.4) is 0 Å². The van der Waals surface area contributed by atoms with Crippen molar-refractivity contribution in [3.63, 3.8) is 0 Å². The molecule has 0 saturated heterocycles. The first-order chi connectivity index (χ1) is 9.58. The van der Waals surface area contributed by atoms with Gasteiger partial charge in [0.2, 0.25) is 0 Å². The van der Waals surface area contributed by atoms with Crippen molar-refractivity contribution in [1.29, 1.82) is 0 Å². The van der Waals surface area contributed by atoms with Crippen LogP contribution in [-0.4, -0.2) is 15.8 Å². The molecule has 0 spiro atoms. The van der Waals surface area contributed by atoms with Crippen molar-refractivity contribution in [2.75, 3.05) is 0 Å². The number of hydrogen-bond acceptors (Lipinski definition) is 2. The number of aromatic nitrogens is 2. The van der Waals surface area contributed by atoms with Crippen LogP contribution in [0.1, 0.15) is 15.9 Å². The number of fused-ring (bicyclic) bond motifs is 1. The van der Waals surface area contributed by atoms with Gasteiger partial charge in [0.15, 0.2) is 5.78 Å². The summed E-state index contributed by atoms with van der Waals surface area (Å²) < 4.78 is 0.745. The zero-order valence-electron chi connectivity index (χ0n) is 9.95. The van der Waals surface area contributed by atoms with E-state index in [0.717, 1.165) is 4.47 Å². The molecule has 100 valence electrons. The number of benzene rings is 1. The lowest BCUT2D eigenvalue weighted by molar-refractivity contribution is 0.104. The predicted octanol–water partition coefficient (Wildman–Crippen LogP) is 4.86. The SMILES string of the molecule is O=C(c1ccc(Br)c(Cl)c1)c1c[nH]c2nccc(Cl)c12. The molecular formula is C14H7BrCl2N2O. The summed E-state index contributed by atoms with van der Waals surface area (Å²) >= 11 is 15.5. The highest BCUT2D eigenvalue weighted by molar-refractivity contribution is 9.10. The largest absolute Gasteiger partial charge is 0.345 e. The number of carbonyl (C=O) groups is 1. The second-order valence-corrected chi connectivity index (χ2v) is 5.85. The third-order valence-electron chi connectivity index (χ3n) is 2.95. The zero-order chi connectivity index (χ0) is 14.3. The van der Waals surface area contributed by atoms with Gasteiger partial charge in [0.25, 0.3) is 0 Å². The van der Waals surface area contributed by atoms with Gasteiger partial charge in [-0.1, -0.05) is 23.2 Å². The highest BCUT2D eigenvalue weighted by Gasteiger charge is 2.17. The van der Waals surface area contributed by atoms with E-state index in [1.807, 2.05) is 0 Å². The quantitative estimate of drug-likeness (QED) is 0.655. The average molecular weight is 370 g/mol. The number of H-pyrrole nitrogens is 1. The summed E-state index contributed by atoms with van der Waals surface area (Å²) in [4.78, 5) is 19.6. The van der Waals surface area contributed by atoms with Crippen molar-refractivity contribution in [3.8, 4) is 0 Å². The maximum Gasteiger partial charge on any atom is 0.195 e. The van der Waals surface area contributed by atoms with Crippen molar-refractivity contribution in [1.82, 2.24) is 9.97 Å². The monoisotopic (exact) mass is 368 g/mol. The van der Waals surface area contributed by atoms with Crippen molar-refractivity contribution < 1.29 is 4.79 Å². The molecule has 20 heavy (non-hydrogen) atoms. The standard InChI is InChI=1S/C14H7BrCl2N2O/c15-9-2-1-7(5-11(9)17)13(20)8-6-19-14-12(8)10(16)3-4-18-14/h1-6H,(H,18,19). The molecule has 2 heterocycles. The summed E-state index contributed by atoms with van der Waals surface area (Å²) in [5.41, 5.74) is 1.57. The Kier molecular flexibility index (Phi) is 3.54. The topological polar surface area (TPSA) is 45.8 Å². The summed E-state index contributed by atoms with van der Waals surface area (Å²) in [5, 5.41) is 1.60. The highest BCUT2D eigenvalue weighted by atomic mass is 79.9. The molecule has 0 saturated carbocycles. The van der Waals surface area contributed by atoms with Gasteiger partial charge >= 0.3 is 0 Å². The lowest BCUT2D eigenvalue weighted by Gasteiger charge is -2.03. The fourth-order valence-corrected chi connectivity index (χ4v) is 2.66. The van der Waals surface area contributed by atoms with Gasteiger partial charge in [-0.2, -0.15) is 0 Å². The highest BCUT2D eigenvalue weighted by Crippen LogP contribution is 2.29. The fourth-order valence-electron chi connectivity index (χ4n) is 1.99. The summed E-state index contributed by atoms with van der Waals surface area (Å²) in [6, 6.07) is 6.73. The summed E-state index contributed by atoms with van der Waals surface area (Å²) in [6.07, 6.45) is 3.20. The number of rotatable bonds is 2. The molecule has 0 aliphatic rings. The Balaban J connectivity index is 2.15. The van der Waals surface area contributed by atoms with E-state index < -0.39 is 0 Å². The minimum Gasteiger partial charge on any atom is -0.345 e. The van der Waals surface area contributed by atoms with E-state index in [2.05, 4.69) is 25.9 Å². The predicted molar refractivity (Wildman–Crippen MR) is 83.7 cm³/mol. The molecule has 3 nitrogen and oxygen atoms in total. The molecule has 0 atom stereocenters. The molecule has 3 rings (SSSR count). The second-order valence-electron chi connectivity index (χ2n) is 4.18. The molecule has 0 bridgehead atoms. The number of ketones is 1. The second kappa shape index (κ2) is 5.20. The van der Waals surface area contributed by atoms with E-state index in [0.29, 0.717) is 32.2 Å². The molecule has 0 amide bonds. The molecule has 0 unspecified atom stereocenters. The minimum absolute atomic E-state index is 0.152. The number of nitrogens with one attached hydrogen (secondary N) is 1. The Morgan fingerprint density at radius 2 is 2.00 bits per heavy atom. The third-order valence-corrected chi connectivity index (χ3v) is 4.50. The van der Waals surface area contributed by atoms with E-state index in [1.54, 1.807) is 36.7 Å². The van der Waals surface area contributed by atoms with E-state index >= 15 is 0 Å². The Morgan fingerprint density at radius 3 is 2.75 bits per heavy atom. The molecule has 1 N–H and O–H groups in total. The van der Waals surface area contributed by atoms with Gasteiger partial charge in [0.1, 0.15) is 5.65 Å². The summed E-state index contributed by atoms with van der Waals surface area (Å²) in [6.45, 7) is 0. The van der Waals surface area contributed by atoms with Crippen LogP contribution in [0.4, 0.5) is 0 Å². The smallest absolute Gasteiger partial charge is 0.195 e. The van der Waals surface area contributed by atoms with Crippen molar-refractivity contribution in [2.45, 2.75) is 0 Å². The number of pyridine rings is 1. The molecule has 2 aromatic heterocycles. The van der Waals surface area contributed by atoms with Gasteiger partial charge in [-0.25, -0.2) is 4.98 Å². The third kappa shape index (κ3) is 2.24. The molecule has 0 aliphatic carbocycles. The molecule has 0 aliphatic heterocycles. The van der Waals surface area contributed by atoms with E-state index in [4.69, 9.17) is 23.2 Å². The van der Waals surface area contributed by atoms with Crippen LogP contribution in [0.15, 0.2) is 41.1 Å². The fraction of sp³-hybridized carbons (Fsp3) is 0. The van der Waals surface area contributed by atoms with Gasteiger partial charge in [-0.3, -0.25) is 4.79 Å². The van der Waals surface area contributed by atoms with Gasteiger partial charge in [0, 0.05) is 27.8 Å². The van der Waals surface area contributed by atoms with E-state index in [9.17, 15) is 4.79 Å². The van der Waals surface area contributed by atoms with E-state index in [1.165, 1.54) is 0 Å². The van der Waals surface area contributed by atoms with Crippen molar-refractivity contribution in [3.05, 3.63) is 62.3 Å². The zero-order valence-corrected chi connectivity index (χ0v) is 13.1. The first-order valence-electron chi connectivity index (χ1n) is 5.69. The minimum atomic E-state index is -0.152. The summed E-state index contributed by atoms with van der Waals surface area (Å²) in [7, 11) is 0. The van der Waals surface area contributed by atoms with Crippen molar-refractivity contribution >= 4 is 55.9 Å². The van der Waals surface area contributed by atoms with Crippen molar-refractivity contribution in [2.24, 2.45) is 0 Å². The molecule has 6 heteroatoms. The first-order valence-corrected chi connectivity index (χ1v) is 7.24. The van der Waals surface area contributed by atoms with Gasteiger partial charge in [0.05, 0.1) is 15.6 Å². The number of halogens is 3. The Bertz CT molecular complexity index is 829. The van der Waals surface area contributed by atoms with Gasteiger partial charge in [-0.15, -0.1) is 0 Å². The summed E-state index contributed by atoms with van der Waals surface area (Å²) in [5.74, 6) is -0.152. The first kappa shape index (κ1) is 13.6. The van der Waals surface area contributed by atoms with Crippen LogP contribution in [-0.2, 0) is 0 Å². The van der Waals surface area contributed by atoms with Crippen LogP contribution in [0.2, 0.25) is 10.0 Å². The number of nitrogens with zero attached hydrogens (tertiary/aromatic N) is 1. The molecule has 3 aromatic rings. The lowest BCUT2D eigenvalue weighted by atomic mass is 10.0. The van der Waals surface area contributed by atoms with Crippen LogP contribution in [0.25, 0.3) is 11.0 Å². The Labute approximate surface area is 133 Å². The number of carbonyl (C=O) groups excluding carboxylic acids is 1. The molecule has 0 fully saturated rings. The molecular weight excluding hydrogens is 363 g/mol. The Hall–Kier alpha value is -1.36. The molecule has 1 aromatic carbocycles. The van der Waals surface area contributed by atoms with Crippen LogP contribution in [0.5, 0.6) is 0 Å². The average Bonchev–Trinajstić information content (AvgIpc) is 2.86. The molecule has 0 radical (unpaired) electrons. The number of hydrogen-bond donors (Lipinski definition) is 1. The van der Waals surface area contributed by atoms with Crippen LogP contribution in [0, 0.1) is 0 Å². The maximum absolute atomic E-state index is 12.6. The van der Waals surface area contributed by atoms with E-state index in [-0.39, 0.29) is 5.78 Å². The number of aromatic amines is 1. The van der Waals surface area contributed by atoms with Crippen LogP contribution >= 0.6 is 39.1 Å². The van der Waals surface area contributed by atoms with Gasteiger partial charge < -0.3 is 4.98 Å². The normalized spacial score (nSPS) is 10.9.